The maximum absolute atomic E-state index is 13.9. The smallest absolute Gasteiger partial charge is 0.340 e. The SMILES string of the molecule is CCc1cc(C(=O)OC)c(NC(=O)CSc2nnc(C(C)Oc3ccc(F)cc3F)n2CC)s1. The molecule has 0 aliphatic heterocycles. The second-order valence-corrected chi connectivity index (χ2v) is 9.14. The minimum absolute atomic E-state index is 0.0277. The van der Waals surface area contributed by atoms with Crippen LogP contribution >= 0.6 is 23.1 Å². The highest BCUT2D eigenvalue weighted by atomic mass is 32.2. The maximum atomic E-state index is 13.9. The summed E-state index contributed by atoms with van der Waals surface area (Å²) in [5.41, 5.74) is 0.320. The molecule has 0 bridgehead atoms. The van der Waals surface area contributed by atoms with Gasteiger partial charge in [0.2, 0.25) is 5.91 Å². The van der Waals surface area contributed by atoms with Crippen LogP contribution in [0.3, 0.4) is 0 Å². The van der Waals surface area contributed by atoms with E-state index in [0.29, 0.717) is 28.1 Å². The number of amides is 1. The molecule has 0 saturated heterocycles. The van der Waals surface area contributed by atoms with Gasteiger partial charge < -0.3 is 19.4 Å². The predicted molar refractivity (Wildman–Crippen MR) is 125 cm³/mol. The fraction of sp³-hybridized carbons (Fsp3) is 0.364. The number of carbonyl (C=O) groups excluding carboxylic acids is 2. The molecule has 8 nitrogen and oxygen atoms in total. The molecule has 0 saturated carbocycles. The number of anilines is 1. The third-order valence-electron chi connectivity index (χ3n) is 4.75. The number of hydrogen-bond acceptors (Lipinski definition) is 8. The minimum atomic E-state index is -0.813. The van der Waals surface area contributed by atoms with Gasteiger partial charge >= 0.3 is 5.97 Å². The van der Waals surface area contributed by atoms with Crippen LogP contribution in [-0.2, 0) is 22.5 Å². The fourth-order valence-corrected chi connectivity index (χ4v) is 4.89. The Morgan fingerprint density at radius 1 is 1.24 bits per heavy atom. The first kappa shape index (κ1) is 25.6. The van der Waals surface area contributed by atoms with Gasteiger partial charge in [-0.15, -0.1) is 21.5 Å². The molecule has 0 radical (unpaired) electrons. The van der Waals surface area contributed by atoms with Crippen molar-refractivity contribution in [2.75, 3.05) is 18.2 Å². The maximum Gasteiger partial charge on any atom is 0.340 e. The van der Waals surface area contributed by atoms with E-state index in [9.17, 15) is 18.4 Å². The first-order valence-corrected chi connectivity index (χ1v) is 12.3. The van der Waals surface area contributed by atoms with Gasteiger partial charge in [-0.1, -0.05) is 18.7 Å². The molecular weight excluding hydrogens is 486 g/mol. The van der Waals surface area contributed by atoms with E-state index in [-0.39, 0.29) is 17.4 Å². The minimum Gasteiger partial charge on any atom is -0.480 e. The molecule has 0 aliphatic rings. The number of thiophene rings is 1. The molecule has 0 fully saturated rings. The number of carbonyl (C=O) groups is 2. The van der Waals surface area contributed by atoms with E-state index in [4.69, 9.17) is 9.47 Å². The summed E-state index contributed by atoms with van der Waals surface area (Å²) in [5, 5.41) is 12.0. The number of nitrogens with zero attached hydrogens (tertiary/aromatic N) is 3. The molecule has 182 valence electrons. The number of aromatic nitrogens is 3. The Hall–Kier alpha value is -2.99. The van der Waals surface area contributed by atoms with Gasteiger partial charge in [-0.25, -0.2) is 13.6 Å². The van der Waals surface area contributed by atoms with Crippen LogP contribution in [0.15, 0.2) is 29.4 Å². The molecule has 1 aromatic carbocycles. The zero-order chi connectivity index (χ0) is 24.8. The normalized spacial score (nSPS) is 11.8. The van der Waals surface area contributed by atoms with Gasteiger partial charge in [0, 0.05) is 17.5 Å². The van der Waals surface area contributed by atoms with Crippen molar-refractivity contribution < 1.29 is 27.8 Å². The van der Waals surface area contributed by atoms with Gasteiger partial charge in [-0.05, 0) is 38.5 Å². The number of rotatable bonds is 10. The Bertz CT molecular complexity index is 1180. The zero-order valence-electron chi connectivity index (χ0n) is 19.1. The number of ether oxygens (including phenoxy) is 2. The van der Waals surface area contributed by atoms with E-state index in [1.165, 1.54) is 36.3 Å². The van der Waals surface area contributed by atoms with Crippen molar-refractivity contribution in [1.29, 1.82) is 0 Å². The van der Waals surface area contributed by atoms with Crippen LogP contribution in [0.5, 0.6) is 5.75 Å². The van der Waals surface area contributed by atoms with Crippen LogP contribution in [0.4, 0.5) is 13.8 Å². The van der Waals surface area contributed by atoms with Gasteiger partial charge in [0.15, 0.2) is 28.7 Å². The fourth-order valence-electron chi connectivity index (χ4n) is 3.08. The second kappa shape index (κ2) is 11.4. The Morgan fingerprint density at radius 2 is 2.00 bits per heavy atom. The summed E-state index contributed by atoms with van der Waals surface area (Å²) in [6.45, 7) is 6.00. The molecular formula is C22H24F2N4O4S2. The molecule has 1 unspecified atom stereocenters. The summed E-state index contributed by atoms with van der Waals surface area (Å²) in [7, 11) is 1.29. The van der Waals surface area contributed by atoms with Crippen molar-refractivity contribution >= 4 is 40.0 Å². The van der Waals surface area contributed by atoms with E-state index in [1.54, 1.807) is 17.6 Å². The lowest BCUT2D eigenvalue weighted by molar-refractivity contribution is -0.113. The van der Waals surface area contributed by atoms with Crippen LogP contribution in [-0.4, -0.2) is 39.5 Å². The van der Waals surface area contributed by atoms with Crippen LogP contribution in [0.25, 0.3) is 0 Å². The molecule has 1 atom stereocenters. The van der Waals surface area contributed by atoms with Crippen LogP contribution in [0, 0.1) is 11.6 Å². The Labute approximate surface area is 203 Å². The monoisotopic (exact) mass is 510 g/mol. The Balaban J connectivity index is 1.67. The predicted octanol–water partition coefficient (Wildman–Crippen LogP) is 4.86. The molecule has 0 aliphatic carbocycles. The van der Waals surface area contributed by atoms with Crippen molar-refractivity contribution in [3.63, 3.8) is 0 Å². The van der Waals surface area contributed by atoms with E-state index >= 15 is 0 Å². The number of esters is 1. The Morgan fingerprint density at radius 3 is 2.65 bits per heavy atom. The average molecular weight is 511 g/mol. The van der Waals surface area contributed by atoms with Crippen LogP contribution < -0.4 is 10.1 Å². The van der Waals surface area contributed by atoms with Crippen molar-refractivity contribution in [3.05, 3.63) is 52.2 Å². The van der Waals surface area contributed by atoms with Crippen LogP contribution in [0.2, 0.25) is 0 Å². The highest BCUT2D eigenvalue weighted by Gasteiger charge is 2.22. The molecule has 1 N–H and O–H groups in total. The highest BCUT2D eigenvalue weighted by Crippen LogP contribution is 2.30. The van der Waals surface area contributed by atoms with E-state index in [0.717, 1.165) is 23.4 Å². The van der Waals surface area contributed by atoms with Gasteiger partial charge in [0.25, 0.3) is 0 Å². The largest absolute Gasteiger partial charge is 0.480 e. The van der Waals surface area contributed by atoms with E-state index in [1.807, 2.05) is 13.8 Å². The summed E-state index contributed by atoms with van der Waals surface area (Å²) in [4.78, 5) is 25.5. The quantitative estimate of drug-likeness (QED) is 0.307. The van der Waals surface area contributed by atoms with Crippen molar-refractivity contribution in [2.45, 2.75) is 45.0 Å². The molecule has 12 heteroatoms. The third-order valence-corrected chi connectivity index (χ3v) is 6.91. The van der Waals surface area contributed by atoms with Gasteiger partial charge in [-0.3, -0.25) is 4.79 Å². The lowest BCUT2D eigenvalue weighted by atomic mass is 10.2. The molecule has 1 amide bonds. The number of thioether (sulfide) groups is 1. The number of hydrogen-bond donors (Lipinski definition) is 1. The summed E-state index contributed by atoms with van der Waals surface area (Å²) < 4.78 is 39.2. The summed E-state index contributed by atoms with van der Waals surface area (Å²) in [6, 6.07) is 4.78. The van der Waals surface area contributed by atoms with Gasteiger partial charge in [0.05, 0.1) is 18.4 Å². The first-order chi connectivity index (χ1) is 16.3. The zero-order valence-corrected chi connectivity index (χ0v) is 20.7. The number of aryl methyl sites for hydroxylation is 1. The summed E-state index contributed by atoms with van der Waals surface area (Å²) >= 11 is 2.49. The molecule has 3 aromatic rings. The van der Waals surface area contributed by atoms with Gasteiger partial charge in [-0.2, -0.15) is 0 Å². The number of halogens is 2. The molecule has 3 rings (SSSR count). The molecule has 2 heterocycles. The van der Waals surface area contributed by atoms with E-state index in [2.05, 4.69) is 15.5 Å². The summed E-state index contributed by atoms with van der Waals surface area (Å²) in [6.07, 6.45) is 0.0563. The van der Waals surface area contributed by atoms with Crippen molar-refractivity contribution in [1.82, 2.24) is 14.8 Å². The third kappa shape index (κ3) is 5.92. The second-order valence-electron chi connectivity index (χ2n) is 7.06. The highest BCUT2D eigenvalue weighted by molar-refractivity contribution is 7.99. The van der Waals surface area contributed by atoms with E-state index < -0.39 is 23.7 Å². The van der Waals surface area contributed by atoms with Crippen molar-refractivity contribution in [3.8, 4) is 5.75 Å². The average Bonchev–Trinajstić information content (AvgIpc) is 3.42. The number of nitrogens with one attached hydrogen (secondary N) is 1. The molecule has 34 heavy (non-hydrogen) atoms. The van der Waals surface area contributed by atoms with Gasteiger partial charge in [0.1, 0.15) is 10.8 Å². The summed E-state index contributed by atoms with van der Waals surface area (Å²) in [5.74, 6) is -1.97. The van der Waals surface area contributed by atoms with Crippen LogP contribution in [0.1, 0.15) is 47.9 Å². The molecule has 2 aromatic heterocycles. The number of methoxy groups -OCH3 is 1. The topological polar surface area (TPSA) is 95.3 Å². The lowest BCUT2D eigenvalue weighted by Gasteiger charge is -2.16. The first-order valence-electron chi connectivity index (χ1n) is 10.5. The standard InChI is InChI=1S/C22H24F2N4O4S2/c1-5-14-10-15(21(30)31-4)20(34-14)25-18(29)11-33-22-27-26-19(28(22)6-2)12(3)32-17-8-7-13(23)9-16(17)24/h7-10,12H,5-6,11H2,1-4H3,(H,25,29). The molecule has 0 spiro atoms. The Kier molecular flexibility index (Phi) is 8.61. The van der Waals surface area contributed by atoms with Crippen molar-refractivity contribution in [2.24, 2.45) is 0 Å². The number of benzene rings is 1. The lowest BCUT2D eigenvalue weighted by Crippen LogP contribution is -2.16.